The van der Waals surface area contributed by atoms with Crippen LogP contribution in [0.2, 0.25) is 0 Å². The summed E-state index contributed by atoms with van der Waals surface area (Å²) in [4.78, 5) is 8.51. The van der Waals surface area contributed by atoms with Crippen LogP contribution in [0.25, 0.3) is 54.7 Å². The van der Waals surface area contributed by atoms with Crippen molar-refractivity contribution in [2.24, 2.45) is 0 Å². The Hall–Kier alpha value is -2.89. The van der Waals surface area contributed by atoms with Gasteiger partial charge in [-0.15, -0.1) is 0 Å². The number of halogens is 2. The van der Waals surface area contributed by atoms with Gasteiger partial charge in [0.1, 0.15) is 11.6 Å². The summed E-state index contributed by atoms with van der Waals surface area (Å²) < 4.78 is 2.02. The third kappa shape index (κ3) is 2.59. The Morgan fingerprint density at radius 1 is 0.700 bits per heavy atom. The SMILES string of the molecule is Oc1ccc2ccccc2c1-c1nc2c3cc(Br)ccc3c3ccc(Br)cc3c2[nH]1. The first-order chi connectivity index (χ1) is 14.6. The molecule has 0 bridgehead atoms. The van der Waals surface area contributed by atoms with Crippen molar-refractivity contribution in [1.29, 1.82) is 0 Å². The molecule has 0 unspecified atom stereocenters. The smallest absolute Gasteiger partial charge is 0.142 e. The summed E-state index contributed by atoms with van der Waals surface area (Å²) in [7, 11) is 0. The zero-order chi connectivity index (χ0) is 20.4. The van der Waals surface area contributed by atoms with Crippen LogP contribution < -0.4 is 0 Å². The van der Waals surface area contributed by atoms with E-state index in [1.165, 1.54) is 0 Å². The Bertz CT molecular complexity index is 1560. The molecule has 1 heterocycles. The van der Waals surface area contributed by atoms with Crippen LogP contribution in [0, 0.1) is 0 Å². The monoisotopic (exact) mass is 516 g/mol. The van der Waals surface area contributed by atoms with Crippen LogP contribution in [0.4, 0.5) is 0 Å². The molecule has 6 rings (SSSR count). The lowest BCUT2D eigenvalue weighted by Gasteiger charge is -2.07. The molecule has 144 valence electrons. The average molecular weight is 518 g/mol. The zero-order valence-corrected chi connectivity index (χ0v) is 18.8. The first-order valence-electron chi connectivity index (χ1n) is 9.51. The first kappa shape index (κ1) is 17.9. The van der Waals surface area contributed by atoms with E-state index in [1.807, 2.05) is 30.3 Å². The molecule has 0 aliphatic rings. The van der Waals surface area contributed by atoms with Gasteiger partial charge in [0.25, 0.3) is 0 Å². The van der Waals surface area contributed by atoms with Crippen LogP contribution in [0.1, 0.15) is 0 Å². The number of aromatic hydroxyl groups is 1. The fraction of sp³-hybridized carbons (Fsp3) is 0. The summed E-state index contributed by atoms with van der Waals surface area (Å²) in [5.74, 6) is 0.872. The number of phenols is 1. The Kier molecular flexibility index (Phi) is 3.92. The fourth-order valence-corrected chi connectivity index (χ4v) is 5.02. The highest BCUT2D eigenvalue weighted by Crippen LogP contribution is 2.40. The number of aromatic amines is 1. The van der Waals surface area contributed by atoms with E-state index in [9.17, 15) is 5.11 Å². The van der Waals surface area contributed by atoms with Gasteiger partial charge in [-0.25, -0.2) is 4.98 Å². The van der Waals surface area contributed by atoms with Crippen LogP contribution in [0.3, 0.4) is 0 Å². The van der Waals surface area contributed by atoms with Gasteiger partial charge < -0.3 is 10.1 Å². The number of phenolic OH excluding ortho intramolecular Hbond substituents is 1. The third-order valence-electron chi connectivity index (χ3n) is 5.63. The van der Waals surface area contributed by atoms with Crippen LogP contribution in [0.5, 0.6) is 5.75 Å². The molecule has 0 radical (unpaired) electrons. The number of rotatable bonds is 1. The second kappa shape index (κ2) is 6.56. The van der Waals surface area contributed by atoms with E-state index >= 15 is 0 Å². The maximum atomic E-state index is 10.7. The van der Waals surface area contributed by atoms with Crippen LogP contribution in [-0.4, -0.2) is 15.1 Å². The third-order valence-corrected chi connectivity index (χ3v) is 6.61. The van der Waals surface area contributed by atoms with Gasteiger partial charge in [0.15, 0.2) is 0 Å². The van der Waals surface area contributed by atoms with Crippen molar-refractivity contribution in [1.82, 2.24) is 9.97 Å². The van der Waals surface area contributed by atoms with Crippen molar-refractivity contribution in [3.63, 3.8) is 0 Å². The number of aromatic nitrogens is 2. The maximum absolute atomic E-state index is 10.7. The summed E-state index contributed by atoms with van der Waals surface area (Å²) in [6.07, 6.45) is 0. The molecule has 1 aromatic heterocycles. The molecule has 30 heavy (non-hydrogen) atoms. The summed E-state index contributed by atoms with van der Waals surface area (Å²) in [5.41, 5.74) is 2.56. The molecule has 0 spiro atoms. The highest BCUT2D eigenvalue weighted by atomic mass is 79.9. The fourth-order valence-electron chi connectivity index (χ4n) is 4.30. The van der Waals surface area contributed by atoms with Crippen molar-refractivity contribution in [2.45, 2.75) is 0 Å². The molecule has 0 fully saturated rings. The summed E-state index contributed by atoms with van der Waals surface area (Å²) >= 11 is 7.21. The molecule has 0 amide bonds. The van der Waals surface area contributed by atoms with Gasteiger partial charge in [-0.05, 0) is 51.9 Å². The van der Waals surface area contributed by atoms with Gasteiger partial charge in [-0.1, -0.05) is 74.3 Å². The van der Waals surface area contributed by atoms with E-state index in [2.05, 4.69) is 73.2 Å². The predicted molar refractivity (Wildman–Crippen MR) is 131 cm³/mol. The highest BCUT2D eigenvalue weighted by molar-refractivity contribution is 9.10. The van der Waals surface area contributed by atoms with Crippen molar-refractivity contribution < 1.29 is 5.11 Å². The highest BCUT2D eigenvalue weighted by Gasteiger charge is 2.18. The lowest BCUT2D eigenvalue weighted by Crippen LogP contribution is -1.85. The second-order valence-corrected chi connectivity index (χ2v) is 9.20. The number of hydrogen-bond donors (Lipinski definition) is 2. The number of nitrogens with zero attached hydrogens (tertiary/aromatic N) is 1. The largest absolute Gasteiger partial charge is 0.507 e. The van der Waals surface area contributed by atoms with Crippen molar-refractivity contribution in [2.75, 3.05) is 0 Å². The molecule has 3 nitrogen and oxygen atoms in total. The van der Waals surface area contributed by atoms with Gasteiger partial charge in [0.05, 0.1) is 16.6 Å². The Labute approximate surface area is 188 Å². The predicted octanol–water partition coefficient (Wildman–Crippen LogP) is 7.92. The Morgan fingerprint density at radius 3 is 2.20 bits per heavy atom. The van der Waals surface area contributed by atoms with Gasteiger partial charge in [0.2, 0.25) is 0 Å². The average Bonchev–Trinajstić information content (AvgIpc) is 3.19. The van der Waals surface area contributed by atoms with Crippen molar-refractivity contribution >= 4 is 75.2 Å². The maximum Gasteiger partial charge on any atom is 0.142 e. The van der Waals surface area contributed by atoms with E-state index in [-0.39, 0.29) is 5.75 Å². The van der Waals surface area contributed by atoms with Crippen LogP contribution in [-0.2, 0) is 0 Å². The van der Waals surface area contributed by atoms with Crippen LogP contribution >= 0.6 is 31.9 Å². The molecule has 6 aromatic rings. The van der Waals surface area contributed by atoms with Gasteiger partial charge in [0, 0.05) is 19.7 Å². The lowest BCUT2D eigenvalue weighted by atomic mass is 10.0. The quantitative estimate of drug-likeness (QED) is 0.217. The molecule has 2 N–H and O–H groups in total. The van der Waals surface area contributed by atoms with Gasteiger partial charge in [-0.2, -0.15) is 0 Å². The molecular weight excluding hydrogens is 504 g/mol. The Balaban J connectivity index is 1.81. The topological polar surface area (TPSA) is 48.9 Å². The summed E-state index contributed by atoms with van der Waals surface area (Å²) in [5, 5.41) is 17.2. The summed E-state index contributed by atoms with van der Waals surface area (Å²) in [6.45, 7) is 0. The molecule has 0 atom stereocenters. The second-order valence-electron chi connectivity index (χ2n) is 7.37. The minimum Gasteiger partial charge on any atom is -0.507 e. The molecular formula is C25H14Br2N2O. The Morgan fingerprint density at radius 2 is 1.40 bits per heavy atom. The minimum absolute atomic E-state index is 0.212. The van der Waals surface area contributed by atoms with Crippen molar-refractivity contribution in [3.8, 4) is 17.1 Å². The van der Waals surface area contributed by atoms with Crippen LogP contribution in [0.15, 0.2) is 81.7 Å². The number of nitrogens with one attached hydrogen (secondary N) is 1. The molecule has 0 aliphatic heterocycles. The van der Waals surface area contributed by atoms with E-state index < -0.39 is 0 Å². The van der Waals surface area contributed by atoms with Gasteiger partial charge in [-0.3, -0.25) is 0 Å². The number of imidazole rings is 1. The lowest BCUT2D eigenvalue weighted by molar-refractivity contribution is 0.477. The van der Waals surface area contributed by atoms with E-state index in [4.69, 9.17) is 4.98 Å². The van der Waals surface area contributed by atoms with E-state index in [0.717, 1.165) is 57.9 Å². The number of benzene rings is 5. The first-order valence-corrected chi connectivity index (χ1v) is 11.1. The van der Waals surface area contributed by atoms with E-state index in [0.29, 0.717) is 5.82 Å². The number of hydrogen-bond acceptors (Lipinski definition) is 2. The normalized spacial score (nSPS) is 11.8. The standard InChI is InChI=1S/C25H14Br2N2O/c26-14-6-8-17-18-9-7-15(27)12-20(18)24-23(19(17)11-14)28-25(29-24)22-16-4-2-1-3-13(16)5-10-21(22)30/h1-12,30H,(H,28,29). The minimum atomic E-state index is 0.212. The zero-order valence-electron chi connectivity index (χ0n) is 15.6. The molecule has 5 aromatic carbocycles. The summed E-state index contributed by atoms with van der Waals surface area (Å²) in [6, 6.07) is 24.3. The molecule has 0 saturated heterocycles. The molecule has 0 saturated carbocycles. The van der Waals surface area contributed by atoms with E-state index in [1.54, 1.807) is 6.07 Å². The molecule has 5 heteroatoms. The van der Waals surface area contributed by atoms with Gasteiger partial charge >= 0.3 is 0 Å². The number of H-pyrrole nitrogens is 1. The van der Waals surface area contributed by atoms with Crippen molar-refractivity contribution in [3.05, 3.63) is 81.7 Å². The molecule has 0 aliphatic carbocycles. The number of fused-ring (bicyclic) bond motifs is 7.